The fourth-order valence-corrected chi connectivity index (χ4v) is 4.39. The Morgan fingerprint density at radius 3 is 2.56 bits per heavy atom. The van der Waals surface area contributed by atoms with Crippen LogP contribution < -0.4 is 4.90 Å². The van der Waals surface area contributed by atoms with Crippen LogP contribution in [0.1, 0.15) is 39.3 Å². The van der Waals surface area contributed by atoms with E-state index in [1.807, 2.05) is 13.8 Å². The van der Waals surface area contributed by atoms with Gasteiger partial charge in [0.15, 0.2) is 0 Å². The van der Waals surface area contributed by atoms with Crippen LogP contribution >= 0.6 is 11.8 Å². The highest BCUT2D eigenvalue weighted by molar-refractivity contribution is 8.00. The monoisotopic (exact) mass is 359 g/mol. The number of carbonyl (C=O) groups excluding carboxylic acids is 1. The number of nitrogens with zero attached hydrogens (tertiary/aromatic N) is 1. The first kappa shape index (κ1) is 17.5. The van der Waals surface area contributed by atoms with E-state index < -0.39 is 5.97 Å². The molecule has 1 heterocycles. The van der Waals surface area contributed by atoms with Gasteiger partial charge in [0.2, 0.25) is 5.91 Å². The molecule has 4 nitrogen and oxygen atoms in total. The van der Waals surface area contributed by atoms with Crippen LogP contribution in [-0.4, -0.2) is 22.7 Å². The number of carbonyl (C=O) groups is 2. The summed E-state index contributed by atoms with van der Waals surface area (Å²) >= 11 is 1.48. The predicted octanol–water partition coefficient (Wildman–Crippen LogP) is 4.17. The van der Waals surface area contributed by atoms with Gasteiger partial charge in [-0.05, 0) is 54.3 Å². The van der Waals surface area contributed by atoms with Gasteiger partial charge in [0.25, 0.3) is 0 Å². The van der Waals surface area contributed by atoms with E-state index in [2.05, 4.69) is 0 Å². The number of hydrogen-bond acceptors (Lipinski definition) is 3. The van der Waals surface area contributed by atoms with E-state index in [-0.39, 0.29) is 22.7 Å². The third-order valence-electron chi connectivity index (χ3n) is 4.44. The molecule has 0 bridgehead atoms. The SMILES string of the molecule is CCc1c(C(=O)O)ccc(N2C(=O)CSC2c2ccc(F)cc2)c1C. The minimum atomic E-state index is -0.969. The zero-order chi connectivity index (χ0) is 18.1. The molecule has 0 aromatic heterocycles. The highest BCUT2D eigenvalue weighted by Crippen LogP contribution is 2.43. The van der Waals surface area contributed by atoms with Crippen molar-refractivity contribution in [3.05, 3.63) is 64.5 Å². The minimum absolute atomic E-state index is 0.0347. The van der Waals surface area contributed by atoms with Gasteiger partial charge in [-0.3, -0.25) is 9.69 Å². The van der Waals surface area contributed by atoms with Crippen molar-refractivity contribution in [3.63, 3.8) is 0 Å². The van der Waals surface area contributed by atoms with E-state index in [1.54, 1.807) is 29.2 Å². The highest BCUT2D eigenvalue weighted by Gasteiger charge is 2.35. The second-order valence-corrected chi connectivity index (χ2v) is 6.94. The molecule has 0 radical (unpaired) electrons. The molecule has 1 aliphatic heterocycles. The normalized spacial score (nSPS) is 17.2. The maximum atomic E-state index is 13.2. The average molecular weight is 359 g/mol. The molecule has 2 aromatic carbocycles. The third-order valence-corrected chi connectivity index (χ3v) is 5.65. The summed E-state index contributed by atoms with van der Waals surface area (Å²) in [5.74, 6) is -0.986. The van der Waals surface area contributed by atoms with Crippen LogP contribution in [0.25, 0.3) is 0 Å². The molecule has 130 valence electrons. The lowest BCUT2D eigenvalue weighted by Crippen LogP contribution is -2.29. The number of rotatable bonds is 4. The quantitative estimate of drug-likeness (QED) is 0.890. The van der Waals surface area contributed by atoms with E-state index in [1.165, 1.54) is 23.9 Å². The highest BCUT2D eigenvalue weighted by atomic mass is 32.2. The Balaban J connectivity index is 2.08. The van der Waals surface area contributed by atoms with Crippen LogP contribution in [0.4, 0.5) is 10.1 Å². The molecular formula is C19H18FNO3S. The summed E-state index contributed by atoms with van der Waals surface area (Å²) in [6.07, 6.45) is 0.567. The van der Waals surface area contributed by atoms with Gasteiger partial charge in [-0.1, -0.05) is 19.1 Å². The number of anilines is 1. The van der Waals surface area contributed by atoms with Gasteiger partial charge < -0.3 is 5.11 Å². The van der Waals surface area contributed by atoms with Crippen molar-refractivity contribution in [2.24, 2.45) is 0 Å². The topological polar surface area (TPSA) is 57.6 Å². The van der Waals surface area contributed by atoms with Crippen LogP contribution in [-0.2, 0) is 11.2 Å². The fourth-order valence-electron chi connectivity index (χ4n) is 3.22. The third kappa shape index (κ3) is 3.14. The number of halogens is 1. The van der Waals surface area contributed by atoms with Crippen LogP contribution in [0.3, 0.4) is 0 Å². The predicted molar refractivity (Wildman–Crippen MR) is 96.6 cm³/mol. The Morgan fingerprint density at radius 1 is 1.28 bits per heavy atom. The van der Waals surface area contributed by atoms with Gasteiger partial charge in [-0.25, -0.2) is 9.18 Å². The second-order valence-electron chi connectivity index (χ2n) is 5.87. The molecule has 1 aliphatic rings. The van der Waals surface area contributed by atoms with Crippen LogP contribution in [0.5, 0.6) is 0 Å². The molecule has 0 aliphatic carbocycles. The lowest BCUT2D eigenvalue weighted by atomic mass is 9.97. The summed E-state index contributed by atoms with van der Waals surface area (Å²) in [4.78, 5) is 25.6. The van der Waals surface area contributed by atoms with Crippen molar-refractivity contribution in [3.8, 4) is 0 Å². The van der Waals surface area contributed by atoms with Crippen molar-refractivity contribution in [1.82, 2.24) is 0 Å². The summed E-state index contributed by atoms with van der Waals surface area (Å²) in [6, 6.07) is 9.38. The van der Waals surface area contributed by atoms with Crippen molar-refractivity contribution in [1.29, 1.82) is 0 Å². The summed E-state index contributed by atoms with van der Waals surface area (Å²) in [5, 5.41) is 9.12. The van der Waals surface area contributed by atoms with Gasteiger partial charge in [0, 0.05) is 5.69 Å². The van der Waals surface area contributed by atoms with Crippen LogP contribution in [0, 0.1) is 12.7 Å². The van der Waals surface area contributed by atoms with Crippen LogP contribution in [0.2, 0.25) is 0 Å². The Bertz CT molecular complexity index is 835. The molecule has 6 heteroatoms. The Hall–Kier alpha value is -2.34. The Morgan fingerprint density at radius 2 is 1.96 bits per heavy atom. The zero-order valence-corrected chi connectivity index (χ0v) is 14.8. The van der Waals surface area contributed by atoms with Gasteiger partial charge in [-0.2, -0.15) is 0 Å². The lowest BCUT2D eigenvalue weighted by molar-refractivity contribution is -0.115. The van der Waals surface area contributed by atoms with Crippen LogP contribution in [0.15, 0.2) is 36.4 Å². The molecule has 1 atom stereocenters. The summed E-state index contributed by atoms with van der Waals surface area (Å²) in [6.45, 7) is 3.75. The molecule has 1 amide bonds. The average Bonchev–Trinajstić information content (AvgIpc) is 2.96. The molecular weight excluding hydrogens is 341 g/mol. The van der Waals surface area contributed by atoms with E-state index in [0.717, 1.165) is 16.7 Å². The fraction of sp³-hybridized carbons (Fsp3) is 0.263. The Kier molecular flexibility index (Phi) is 4.81. The number of aromatic carboxylic acids is 1. The standard InChI is InChI=1S/C19H18FNO3S/c1-3-14-11(2)16(9-8-15(14)19(23)24)21-17(22)10-25-18(21)12-4-6-13(20)7-5-12/h4-9,18H,3,10H2,1-2H3,(H,23,24). The first-order valence-corrected chi connectivity index (χ1v) is 9.03. The number of hydrogen-bond donors (Lipinski definition) is 1. The maximum absolute atomic E-state index is 13.2. The number of thioether (sulfide) groups is 1. The number of carboxylic acid groups (broad SMARTS) is 1. The van der Waals surface area contributed by atoms with Gasteiger partial charge in [0.1, 0.15) is 11.2 Å². The van der Waals surface area contributed by atoms with Crippen molar-refractivity contribution in [2.75, 3.05) is 10.7 Å². The van der Waals surface area contributed by atoms with Gasteiger partial charge in [-0.15, -0.1) is 11.8 Å². The smallest absolute Gasteiger partial charge is 0.335 e. The minimum Gasteiger partial charge on any atom is -0.478 e. The van der Waals surface area contributed by atoms with Gasteiger partial charge >= 0.3 is 5.97 Å². The lowest BCUT2D eigenvalue weighted by Gasteiger charge is -2.27. The van der Waals surface area contributed by atoms with E-state index in [9.17, 15) is 19.1 Å². The van der Waals surface area contributed by atoms with E-state index >= 15 is 0 Å². The van der Waals surface area contributed by atoms with E-state index in [0.29, 0.717) is 17.9 Å². The number of carboxylic acids is 1. The zero-order valence-electron chi connectivity index (χ0n) is 14.0. The molecule has 0 spiro atoms. The van der Waals surface area contributed by atoms with Crippen molar-refractivity contribution >= 4 is 29.3 Å². The summed E-state index contributed by atoms with van der Waals surface area (Å²) in [5.41, 5.74) is 3.35. The Labute approximate surface area is 149 Å². The molecule has 0 saturated carbocycles. The largest absolute Gasteiger partial charge is 0.478 e. The van der Waals surface area contributed by atoms with Crippen molar-refractivity contribution < 1.29 is 19.1 Å². The first-order chi connectivity index (χ1) is 11.9. The molecule has 1 unspecified atom stereocenters. The molecule has 1 fully saturated rings. The molecule has 2 aromatic rings. The first-order valence-electron chi connectivity index (χ1n) is 7.99. The summed E-state index contributed by atoms with van der Waals surface area (Å²) < 4.78 is 13.2. The number of amides is 1. The van der Waals surface area contributed by atoms with Gasteiger partial charge in [0.05, 0.1) is 11.3 Å². The molecule has 1 N–H and O–H groups in total. The maximum Gasteiger partial charge on any atom is 0.335 e. The molecule has 3 rings (SSSR count). The molecule has 25 heavy (non-hydrogen) atoms. The summed E-state index contributed by atoms with van der Waals surface area (Å²) in [7, 11) is 0. The van der Waals surface area contributed by atoms with Crippen molar-refractivity contribution in [2.45, 2.75) is 25.6 Å². The number of benzene rings is 2. The van der Waals surface area contributed by atoms with E-state index in [4.69, 9.17) is 0 Å². The second kappa shape index (κ2) is 6.88. The molecule has 1 saturated heterocycles.